The van der Waals surface area contributed by atoms with E-state index < -0.39 is 0 Å². The minimum absolute atomic E-state index is 1.17. The minimum atomic E-state index is 1.17. The molecule has 0 heterocycles. The second-order valence-corrected chi connectivity index (χ2v) is 4.17. The van der Waals surface area contributed by atoms with E-state index in [1.54, 1.807) is 0 Å². The Labute approximate surface area is 79.2 Å². The second-order valence-electron chi connectivity index (χ2n) is 3.27. The normalized spacial score (nSPS) is 11.4. The molecular formula is C8H20AlN2. The molecule has 3 heteroatoms. The predicted molar refractivity (Wildman–Crippen MR) is 52.2 cm³/mol. The van der Waals surface area contributed by atoms with E-state index in [0.29, 0.717) is 0 Å². The molecule has 0 aliphatic carbocycles. The molecule has 0 aromatic carbocycles. The van der Waals surface area contributed by atoms with Crippen molar-refractivity contribution < 1.29 is 0 Å². The van der Waals surface area contributed by atoms with E-state index in [1.165, 1.54) is 32.5 Å². The first-order chi connectivity index (χ1) is 5.16. The number of likely N-dealkylation sites (N-methyl/N-ethyl adjacent to an activating group) is 1. The maximum Gasteiger partial charge on any atom is 0.294 e. The van der Waals surface area contributed by atoms with Crippen LogP contribution in [0.15, 0.2) is 0 Å². The van der Waals surface area contributed by atoms with Crippen LogP contribution in [0.2, 0.25) is 0 Å². The van der Waals surface area contributed by atoms with Crippen LogP contribution in [0, 0.1) is 0 Å². The average Bonchev–Trinajstić information content (AvgIpc) is 1.97. The number of hydrogen-bond donors (Lipinski definition) is 0. The van der Waals surface area contributed by atoms with Gasteiger partial charge >= 0.3 is 0 Å². The van der Waals surface area contributed by atoms with Crippen molar-refractivity contribution in [1.82, 2.24) is 8.78 Å². The molecule has 0 aromatic rings. The quantitative estimate of drug-likeness (QED) is 0.536. The molecule has 65 valence electrons. The summed E-state index contributed by atoms with van der Waals surface area (Å²) in [5, 5.41) is 0. The van der Waals surface area contributed by atoms with Crippen molar-refractivity contribution in [3.05, 3.63) is 0 Å². The first-order valence-corrected chi connectivity index (χ1v) is 5.00. The first kappa shape index (κ1) is 11.5. The van der Waals surface area contributed by atoms with E-state index in [0.717, 1.165) is 0 Å². The average molecular weight is 171 g/mol. The van der Waals surface area contributed by atoms with Crippen molar-refractivity contribution in [2.45, 2.75) is 19.8 Å². The van der Waals surface area contributed by atoms with Crippen LogP contribution in [0.25, 0.3) is 0 Å². The Bertz CT molecular complexity index is 86.2. The predicted octanol–water partition coefficient (Wildman–Crippen LogP) is 0.466. The highest BCUT2D eigenvalue weighted by molar-refractivity contribution is 6.04. The summed E-state index contributed by atoms with van der Waals surface area (Å²) in [5.74, 6) is 0. The largest absolute Gasteiger partial charge is 0.395 e. The first-order valence-electron chi connectivity index (χ1n) is 4.37. The lowest BCUT2D eigenvalue weighted by atomic mass is 10.3. The topological polar surface area (TPSA) is 6.48 Å². The monoisotopic (exact) mass is 171 g/mol. The summed E-state index contributed by atoms with van der Waals surface area (Å²) in [7, 11) is 4.24. The summed E-state index contributed by atoms with van der Waals surface area (Å²) in [6.07, 6.45) is 2.63. The number of unbranched alkanes of at least 4 members (excludes halogenated alkanes) is 1. The highest BCUT2D eigenvalue weighted by atomic mass is 27.1. The Morgan fingerprint density at radius 3 is 2.18 bits per heavy atom. The van der Waals surface area contributed by atoms with E-state index in [9.17, 15) is 0 Å². The third kappa shape index (κ3) is 8.36. The summed E-state index contributed by atoms with van der Waals surface area (Å²) in [6, 6.07) is 0. The van der Waals surface area contributed by atoms with E-state index in [2.05, 4.69) is 29.8 Å². The van der Waals surface area contributed by atoms with Crippen molar-refractivity contribution in [2.24, 2.45) is 0 Å². The fourth-order valence-corrected chi connectivity index (χ4v) is 1.20. The Morgan fingerprint density at radius 1 is 1.09 bits per heavy atom. The van der Waals surface area contributed by atoms with Gasteiger partial charge in [-0.1, -0.05) is 13.3 Å². The van der Waals surface area contributed by atoms with Gasteiger partial charge in [-0.05, 0) is 33.6 Å². The SMILES string of the molecule is CCCC[N]([AlH])CCN(C)C. The second kappa shape index (κ2) is 7.12. The van der Waals surface area contributed by atoms with Gasteiger partial charge in [-0.15, -0.1) is 0 Å². The lowest BCUT2D eigenvalue weighted by Gasteiger charge is -2.20. The molecule has 0 bridgehead atoms. The summed E-state index contributed by atoms with van der Waals surface area (Å²) < 4.78 is 2.42. The van der Waals surface area contributed by atoms with Crippen LogP contribution in [0.5, 0.6) is 0 Å². The molecule has 2 nitrogen and oxygen atoms in total. The van der Waals surface area contributed by atoms with Gasteiger partial charge in [0.1, 0.15) is 0 Å². The van der Waals surface area contributed by atoms with Crippen LogP contribution in [-0.4, -0.2) is 59.0 Å². The molecule has 0 atom stereocenters. The van der Waals surface area contributed by atoms with Crippen LogP contribution < -0.4 is 0 Å². The van der Waals surface area contributed by atoms with Crippen molar-refractivity contribution in [1.29, 1.82) is 0 Å². The van der Waals surface area contributed by atoms with Crippen LogP contribution in [-0.2, 0) is 0 Å². The maximum absolute atomic E-state index is 2.42. The zero-order chi connectivity index (χ0) is 8.69. The molecule has 0 aliphatic rings. The third-order valence-corrected chi connectivity index (χ3v) is 2.32. The summed E-state index contributed by atoms with van der Waals surface area (Å²) >= 11 is 2.00. The highest BCUT2D eigenvalue weighted by Gasteiger charge is 1.96. The van der Waals surface area contributed by atoms with Gasteiger partial charge in [0.15, 0.2) is 0 Å². The summed E-state index contributed by atoms with van der Waals surface area (Å²) in [6.45, 7) is 5.87. The molecule has 0 rings (SSSR count). The summed E-state index contributed by atoms with van der Waals surface area (Å²) in [4.78, 5) is 2.23. The molecule has 0 saturated carbocycles. The molecule has 0 N–H and O–H groups in total. The Kier molecular flexibility index (Phi) is 7.41. The minimum Gasteiger partial charge on any atom is -0.395 e. The van der Waals surface area contributed by atoms with Gasteiger partial charge in [-0.2, -0.15) is 0 Å². The molecule has 0 spiro atoms. The molecule has 0 aromatic heterocycles. The number of rotatable bonds is 6. The molecule has 0 aliphatic heterocycles. The summed E-state index contributed by atoms with van der Waals surface area (Å²) in [5.41, 5.74) is 0. The zero-order valence-corrected chi connectivity index (χ0v) is 9.55. The Morgan fingerprint density at radius 2 is 1.73 bits per heavy atom. The highest BCUT2D eigenvalue weighted by Crippen LogP contribution is 1.90. The van der Waals surface area contributed by atoms with Crippen molar-refractivity contribution in [2.75, 3.05) is 33.7 Å². The van der Waals surface area contributed by atoms with E-state index in [1.807, 2.05) is 16.5 Å². The fraction of sp³-hybridized carbons (Fsp3) is 1.00. The van der Waals surface area contributed by atoms with Crippen molar-refractivity contribution in [3.8, 4) is 0 Å². The Balaban J connectivity index is 3.15. The van der Waals surface area contributed by atoms with Gasteiger partial charge in [-0.25, -0.2) is 0 Å². The van der Waals surface area contributed by atoms with Crippen LogP contribution in [0.4, 0.5) is 0 Å². The van der Waals surface area contributed by atoms with Crippen molar-refractivity contribution in [3.63, 3.8) is 0 Å². The molecule has 0 saturated heterocycles. The Hall–Kier alpha value is 0.452. The maximum atomic E-state index is 2.42. The molecule has 11 heavy (non-hydrogen) atoms. The lowest BCUT2D eigenvalue weighted by Crippen LogP contribution is -2.30. The van der Waals surface area contributed by atoms with Crippen molar-refractivity contribution >= 4 is 16.5 Å². The molecule has 0 fully saturated rings. The number of nitrogens with zero attached hydrogens (tertiary/aromatic N) is 2. The van der Waals surface area contributed by atoms with Gasteiger partial charge in [0.05, 0.1) is 0 Å². The number of hydrogen-bond acceptors (Lipinski definition) is 2. The van der Waals surface area contributed by atoms with Gasteiger partial charge < -0.3 is 8.78 Å². The van der Waals surface area contributed by atoms with Crippen LogP contribution >= 0.6 is 0 Å². The van der Waals surface area contributed by atoms with Gasteiger partial charge in [0, 0.05) is 6.54 Å². The molecular weight excluding hydrogens is 151 g/mol. The van der Waals surface area contributed by atoms with E-state index >= 15 is 0 Å². The van der Waals surface area contributed by atoms with Gasteiger partial charge in [0.25, 0.3) is 16.5 Å². The molecule has 0 unspecified atom stereocenters. The van der Waals surface area contributed by atoms with Crippen LogP contribution in [0.3, 0.4) is 0 Å². The van der Waals surface area contributed by atoms with Crippen LogP contribution in [0.1, 0.15) is 19.8 Å². The van der Waals surface area contributed by atoms with Gasteiger partial charge in [0.2, 0.25) is 0 Å². The lowest BCUT2D eigenvalue weighted by molar-refractivity contribution is 0.341. The smallest absolute Gasteiger partial charge is 0.294 e. The molecule has 0 amide bonds. The zero-order valence-electron chi connectivity index (χ0n) is 8.14. The van der Waals surface area contributed by atoms with E-state index in [-0.39, 0.29) is 0 Å². The standard InChI is InChI=1S/C8H19N2.Al.H/c1-4-5-6-9-7-8-10(2)3;;/h4-8H2,1-3H3;;/q-1;+1;. The molecule has 1 radical (unpaired) electrons. The van der Waals surface area contributed by atoms with Gasteiger partial charge in [-0.3, -0.25) is 0 Å². The fourth-order valence-electron chi connectivity index (χ4n) is 0.835. The third-order valence-electron chi connectivity index (χ3n) is 1.69. The van der Waals surface area contributed by atoms with E-state index in [4.69, 9.17) is 0 Å².